The van der Waals surface area contributed by atoms with Crippen molar-refractivity contribution in [3.8, 4) is 5.75 Å². The number of ether oxygens (including phenoxy) is 1. The van der Waals surface area contributed by atoms with Crippen molar-refractivity contribution in [2.24, 2.45) is 0 Å². The highest BCUT2D eigenvalue weighted by Crippen LogP contribution is 2.36. The minimum Gasteiger partial charge on any atom is -0.492 e. The fourth-order valence-corrected chi connectivity index (χ4v) is 5.19. The molecule has 7 nitrogen and oxygen atoms in total. The molecule has 3 saturated heterocycles. The van der Waals surface area contributed by atoms with Gasteiger partial charge in [0.15, 0.2) is 11.6 Å². The lowest BCUT2D eigenvalue weighted by Crippen LogP contribution is -2.46. The number of nitrogens with one attached hydrogen (secondary N) is 1. The number of carbonyl (C=O) groups is 2. The van der Waals surface area contributed by atoms with Crippen molar-refractivity contribution in [1.29, 1.82) is 0 Å². The molecular weight excluding hydrogens is 442 g/mol. The van der Waals surface area contributed by atoms with Gasteiger partial charge in [-0.2, -0.15) is 0 Å². The maximum absolute atomic E-state index is 14.1. The zero-order valence-electron chi connectivity index (χ0n) is 19.9. The molecule has 3 aliphatic heterocycles. The van der Waals surface area contributed by atoms with Gasteiger partial charge in [0.05, 0.1) is 6.54 Å². The second kappa shape index (κ2) is 11.8. The molecule has 3 heterocycles. The normalized spacial score (nSPS) is 19.9. The first kappa shape index (κ1) is 24.7. The Balaban J connectivity index is 1.28. The van der Waals surface area contributed by atoms with Crippen molar-refractivity contribution in [2.45, 2.75) is 50.9 Å². The molecule has 0 saturated carbocycles. The predicted octanol–water partition coefficient (Wildman–Crippen LogP) is 3.34. The van der Waals surface area contributed by atoms with Crippen LogP contribution in [-0.2, 0) is 4.79 Å². The zero-order chi connectivity index (χ0) is 23.9. The van der Waals surface area contributed by atoms with Crippen LogP contribution >= 0.6 is 0 Å². The third-order valence-corrected chi connectivity index (χ3v) is 7.24. The lowest BCUT2D eigenvalue weighted by atomic mass is 9.88. The number of likely N-dealkylation sites (tertiary alicyclic amines) is 3. The molecule has 1 aromatic rings. The van der Waals surface area contributed by atoms with E-state index in [-0.39, 0.29) is 24.4 Å². The Bertz CT molecular complexity index is 849. The molecule has 0 radical (unpaired) electrons. The van der Waals surface area contributed by atoms with Gasteiger partial charge >= 0.3 is 6.03 Å². The molecule has 0 bridgehead atoms. The summed E-state index contributed by atoms with van der Waals surface area (Å²) in [5, 5.41) is 2.72. The smallest absolute Gasteiger partial charge is 0.317 e. The summed E-state index contributed by atoms with van der Waals surface area (Å²) in [6.07, 6.45) is 6.92. The van der Waals surface area contributed by atoms with Crippen LogP contribution in [0.5, 0.6) is 5.75 Å². The number of piperidine rings is 2. The van der Waals surface area contributed by atoms with Crippen LogP contribution in [0.3, 0.4) is 0 Å². The molecule has 0 spiro atoms. The summed E-state index contributed by atoms with van der Waals surface area (Å²) in [5.74, 6) is -1.50. The second-order valence-corrected chi connectivity index (χ2v) is 9.56. The van der Waals surface area contributed by atoms with Crippen molar-refractivity contribution in [3.05, 3.63) is 29.3 Å². The maximum atomic E-state index is 14.1. The van der Waals surface area contributed by atoms with Crippen LogP contribution in [0.4, 0.5) is 13.6 Å². The number of hydrogen-bond donors (Lipinski definition) is 1. The lowest BCUT2D eigenvalue weighted by Gasteiger charge is -2.33. The van der Waals surface area contributed by atoms with Crippen LogP contribution in [-0.4, -0.2) is 85.6 Å². The maximum Gasteiger partial charge on any atom is 0.317 e. The average molecular weight is 479 g/mol. The van der Waals surface area contributed by atoms with Gasteiger partial charge in [-0.15, -0.1) is 0 Å². The zero-order valence-corrected chi connectivity index (χ0v) is 19.9. The summed E-state index contributed by atoms with van der Waals surface area (Å²) in [7, 11) is 0. The number of rotatable bonds is 7. The number of hydrogen-bond acceptors (Lipinski definition) is 4. The lowest BCUT2D eigenvalue weighted by molar-refractivity contribution is -0.131. The van der Waals surface area contributed by atoms with Gasteiger partial charge < -0.3 is 19.9 Å². The monoisotopic (exact) mass is 478 g/mol. The van der Waals surface area contributed by atoms with Gasteiger partial charge in [0.25, 0.3) is 0 Å². The summed E-state index contributed by atoms with van der Waals surface area (Å²) in [6.45, 7) is 5.80. The first-order valence-corrected chi connectivity index (χ1v) is 12.7. The van der Waals surface area contributed by atoms with Crippen molar-refractivity contribution in [3.63, 3.8) is 0 Å². The van der Waals surface area contributed by atoms with Crippen LogP contribution in [0.2, 0.25) is 0 Å². The van der Waals surface area contributed by atoms with Gasteiger partial charge in [0.1, 0.15) is 12.4 Å². The number of urea groups is 1. The van der Waals surface area contributed by atoms with Crippen molar-refractivity contribution >= 4 is 11.9 Å². The molecule has 34 heavy (non-hydrogen) atoms. The van der Waals surface area contributed by atoms with E-state index in [0.717, 1.165) is 51.6 Å². The number of benzene rings is 1. The molecule has 0 unspecified atom stereocenters. The molecule has 3 fully saturated rings. The Morgan fingerprint density at radius 1 is 0.882 bits per heavy atom. The molecule has 0 aliphatic carbocycles. The Kier molecular flexibility index (Phi) is 8.59. The van der Waals surface area contributed by atoms with E-state index in [9.17, 15) is 18.4 Å². The van der Waals surface area contributed by atoms with E-state index in [4.69, 9.17) is 4.74 Å². The van der Waals surface area contributed by atoms with Crippen LogP contribution in [0, 0.1) is 11.6 Å². The molecule has 0 aromatic heterocycles. The van der Waals surface area contributed by atoms with E-state index in [1.807, 2.05) is 0 Å². The predicted molar refractivity (Wildman–Crippen MR) is 125 cm³/mol. The third-order valence-electron chi connectivity index (χ3n) is 7.24. The fourth-order valence-electron chi connectivity index (χ4n) is 5.19. The SMILES string of the molecule is O=C(CNC(=O)N1CCCC1)N1CCC(c2cc(F)c(F)cc2OCCN2CCCCC2)CC1. The first-order valence-electron chi connectivity index (χ1n) is 12.7. The largest absolute Gasteiger partial charge is 0.492 e. The highest BCUT2D eigenvalue weighted by molar-refractivity contribution is 5.84. The number of nitrogens with zero attached hydrogens (tertiary/aromatic N) is 3. The summed E-state index contributed by atoms with van der Waals surface area (Å²) in [4.78, 5) is 30.5. The van der Waals surface area contributed by atoms with Crippen molar-refractivity contribution in [1.82, 2.24) is 20.0 Å². The fraction of sp³-hybridized carbons (Fsp3) is 0.680. The van der Waals surface area contributed by atoms with Gasteiger partial charge in [-0.05, 0) is 63.6 Å². The van der Waals surface area contributed by atoms with E-state index in [2.05, 4.69) is 10.2 Å². The molecule has 9 heteroatoms. The van der Waals surface area contributed by atoms with Gasteiger partial charge in [-0.1, -0.05) is 6.42 Å². The molecule has 1 N–H and O–H groups in total. The van der Waals surface area contributed by atoms with E-state index in [0.29, 0.717) is 43.9 Å². The topological polar surface area (TPSA) is 65.1 Å². The van der Waals surface area contributed by atoms with Crippen LogP contribution in [0.1, 0.15) is 56.4 Å². The van der Waals surface area contributed by atoms with Crippen LogP contribution < -0.4 is 10.1 Å². The second-order valence-electron chi connectivity index (χ2n) is 9.56. The molecule has 3 amide bonds. The summed E-state index contributed by atoms with van der Waals surface area (Å²) in [6, 6.07) is 2.23. The third kappa shape index (κ3) is 6.37. The average Bonchev–Trinajstić information content (AvgIpc) is 3.40. The van der Waals surface area contributed by atoms with Crippen molar-refractivity contribution in [2.75, 3.05) is 59.0 Å². The number of halogens is 2. The van der Waals surface area contributed by atoms with Crippen LogP contribution in [0.15, 0.2) is 12.1 Å². The first-order chi connectivity index (χ1) is 16.5. The van der Waals surface area contributed by atoms with E-state index in [1.54, 1.807) is 9.80 Å². The van der Waals surface area contributed by atoms with Gasteiger partial charge in [-0.25, -0.2) is 13.6 Å². The Labute approximate surface area is 200 Å². The quantitative estimate of drug-likeness (QED) is 0.653. The van der Waals surface area contributed by atoms with E-state index < -0.39 is 11.6 Å². The number of amides is 3. The summed E-state index contributed by atoms with van der Waals surface area (Å²) in [5.41, 5.74) is 0.673. The van der Waals surface area contributed by atoms with Crippen LogP contribution in [0.25, 0.3) is 0 Å². The highest BCUT2D eigenvalue weighted by atomic mass is 19.2. The van der Waals surface area contributed by atoms with Crippen molar-refractivity contribution < 1.29 is 23.1 Å². The Hall–Kier alpha value is -2.42. The molecule has 4 rings (SSSR count). The molecule has 188 valence electrons. The highest BCUT2D eigenvalue weighted by Gasteiger charge is 2.28. The Morgan fingerprint density at radius 3 is 2.24 bits per heavy atom. The van der Waals surface area contributed by atoms with Gasteiger partial charge in [-0.3, -0.25) is 9.69 Å². The molecule has 3 aliphatic rings. The molecular formula is C25H36F2N4O3. The minimum absolute atomic E-state index is 0.0108. The summed E-state index contributed by atoms with van der Waals surface area (Å²) < 4.78 is 34.0. The Morgan fingerprint density at radius 2 is 1.53 bits per heavy atom. The van der Waals surface area contributed by atoms with Gasteiger partial charge in [0, 0.05) is 44.4 Å². The standard InChI is InChI=1S/C25H36F2N4O3/c26-21-16-20(23(17-22(21)27)34-15-14-29-8-2-1-3-9-29)19-6-12-30(13-7-19)24(32)18-28-25(33)31-10-4-5-11-31/h16-17,19H,1-15,18H2,(H,28,33). The summed E-state index contributed by atoms with van der Waals surface area (Å²) >= 11 is 0. The molecule has 0 atom stereocenters. The molecule has 1 aromatic carbocycles. The van der Waals surface area contributed by atoms with Gasteiger partial charge in [0.2, 0.25) is 5.91 Å². The van der Waals surface area contributed by atoms with E-state index >= 15 is 0 Å². The van der Waals surface area contributed by atoms with E-state index in [1.165, 1.54) is 25.3 Å². The number of carbonyl (C=O) groups excluding carboxylic acids is 2. The minimum atomic E-state index is -0.905.